The molecule has 9 nitrogen and oxygen atoms in total. The SMILES string of the molecule is O=C(Nc1cc([N+](=O)[O-])ccc1Cl)C1CCCN(Cc2nc(-c3ccccc3Cl)no2)C1. The van der Waals surface area contributed by atoms with Gasteiger partial charge in [0.15, 0.2) is 0 Å². The van der Waals surface area contributed by atoms with Crippen molar-refractivity contribution in [2.45, 2.75) is 19.4 Å². The molecule has 1 unspecified atom stereocenters. The van der Waals surface area contributed by atoms with Crippen molar-refractivity contribution in [2.75, 3.05) is 18.4 Å². The molecule has 1 saturated heterocycles. The van der Waals surface area contributed by atoms with Crippen molar-refractivity contribution >= 4 is 40.5 Å². The number of aromatic nitrogens is 2. The number of nitrogens with zero attached hydrogens (tertiary/aromatic N) is 4. The topological polar surface area (TPSA) is 114 Å². The third kappa shape index (κ3) is 5.07. The fourth-order valence-electron chi connectivity index (χ4n) is 3.63. The number of hydrogen-bond donors (Lipinski definition) is 1. The molecule has 166 valence electrons. The van der Waals surface area contributed by atoms with Crippen molar-refractivity contribution in [1.29, 1.82) is 0 Å². The van der Waals surface area contributed by atoms with Gasteiger partial charge in [-0.3, -0.25) is 19.8 Å². The number of amides is 1. The lowest BCUT2D eigenvalue weighted by Gasteiger charge is -2.30. The number of hydrogen-bond acceptors (Lipinski definition) is 7. The lowest BCUT2D eigenvalue weighted by atomic mass is 9.97. The number of benzene rings is 2. The molecular weight excluding hydrogens is 457 g/mol. The van der Waals surface area contributed by atoms with E-state index in [1.165, 1.54) is 18.2 Å². The van der Waals surface area contributed by atoms with Gasteiger partial charge >= 0.3 is 0 Å². The summed E-state index contributed by atoms with van der Waals surface area (Å²) in [6.07, 6.45) is 1.51. The molecule has 0 bridgehead atoms. The molecule has 11 heteroatoms. The van der Waals surface area contributed by atoms with Crippen LogP contribution in [0.4, 0.5) is 11.4 Å². The largest absolute Gasteiger partial charge is 0.338 e. The molecular formula is C21H19Cl2N5O4. The predicted octanol–water partition coefficient (Wildman–Crippen LogP) is 4.80. The molecule has 32 heavy (non-hydrogen) atoms. The molecule has 1 atom stereocenters. The van der Waals surface area contributed by atoms with Gasteiger partial charge in [0.25, 0.3) is 5.69 Å². The van der Waals surface area contributed by atoms with Gasteiger partial charge < -0.3 is 9.84 Å². The minimum atomic E-state index is -0.532. The van der Waals surface area contributed by atoms with E-state index in [-0.39, 0.29) is 28.2 Å². The Hall–Kier alpha value is -3.01. The van der Waals surface area contributed by atoms with Crippen LogP contribution in [0.1, 0.15) is 18.7 Å². The molecule has 0 spiro atoms. The average Bonchev–Trinajstić information content (AvgIpc) is 3.23. The van der Waals surface area contributed by atoms with E-state index in [1.807, 2.05) is 18.2 Å². The smallest absolute Gasteiger partial charge is 0.271 e. The summed E-state index contributed by atoms with van der Waals surface area (Å²) in [5.41, 5.74) is 0.777. The molecule has 1 aliphatic heterocycles. The van der Waals surface area contributed by atoms with E-state index < -0.39 is 4.92 Å². The number of anilines is 1. The van der Waals surface area contributed by atoms with Crippen LogP contribution in [0, 0.1) is 16.0 Å². The summed E-state index contributed by atoms with van der Waals surface area (Å²) >= 11 is 12.3. The van der Waals surface area contributed by atoms with Crippen LogP contribution < -0.4 is 5.32 Å². The number of nitro groups is 1. The monoisotopic (exact) mass is 475 g/mol. The highest BCUT2D eigenvalue weighted by atomic mass is 35.5. The molecule has 0 aliphatic carbocycles. The highest BCUT2D eigenvalue weighted by Gasteiger charge is 2.28. The maximum absolute atomic E-state index is 12.8. The van der Waals surface area contributed by atoms with Gasteiger partial charge in [0.1, 0.15) is 0 Å². The Kier molecular flexibility index (Phi) is 6.69. The fraction of sp³-hybridized carbons (Fsp3) is 0.286. The van der Waals surface area contributed by atoms with Crippen LogP contribution in [0.15, 0.2) is 47.0 Å². The van der Waals surface area contributed by atoms with Gasteiger partial charge in [-0.1, -0.05) is 40.5 Å². The van der Waals surface area contributed by atoms with Gasteiger partial charge in [0, 0.05) is 24.2 Å². The van der Waals surface area contributed by atoms with E-state index >= 15 is 0 Å². The fourth-order valence-corrected chi connectivity index (χ4v) is 4.02. The molecule has 3 aromatic rings. The zero-order valence-electron chi connectivity index (χ0n) is 16.8. The van der Waals surface area contributed by atoms with E-state index in [4.69, 9.17) is 27.7 Å². The first-order valence-corrected chi connectivity index (χ1v) is 10.7. The summed E-state index contributed by atoms with van der Waals surface area (Å²) in [5.74, 6) is 0.310. The third-order valence-electron chi connectivity index (χ3n) is 5.24. The van der Waals surface area contributed by atoms with Crippen LogP contribution in [-0.2, 0) is 11.3 Å². The highest BCUT2D eigenvalue weighted by Crippen LogP contribution is 2.29. The maximum atomic E-state index is 12.8. The van der Waals surface area contributed by atoms with Crippen LogP contribution in [-0.4, -0.2) is 39.0 Å². The third-order valence-corrected chi connectivity index (χ3v) is 5.90. The number of nitrogens with one attached hydrogen (secondary N) is 1. The zero-order valence-corrected chi connectivity index (χ0v) is 18.3. The van der Waals surface area contributed by atoms with Crippen LogP contribution in [0.2, 0.25) is 10.0 Å². The minimum Gasteiger partial charge on any atom is -0.338 e. The second-order valence-corrected chi connectivity index (χ2v) is 8.29. The maximum Gasteiger partial charge on any atom is 0.271 e. The van der Waals surface area contributed by atoms with Crippen LogP contribution in [0.25, 0.3) is 11.4 Å². The Morgan fingerprint density at radius 3 is 2.84 bits per heavy atom. The van der Waals surface area contributed by atoms with Crippen molar-refractivity contribution in [2.24, 2.45) is 5.92 Å². The Labute approximate surface area is 193 Å². The molecule has 1 aromatic heterocycles. The van der Waals surface area contributed by atoms with Gasteiger partial charge in [0.05, 0.1) is 33.1 Å². The quantitative estimate of drug-likeness (QED) is 0.401. The number of likely N-dealkylation sites (tertiary alicyclic amines) is 1. The van der Waals surface area contributed by atoms with E-state index in [2.05, 4.69) is 20.4 Å². The van der Waals surface area contributed by atoms with Crippen molar-refractivity contribution in [3.05, 3.63) is 68.5 Å². The number of carbonyl (C=O) groups is 1. The van der Waals surface area contributed by atoms with Crippen molar-refractivity contribution < 1.29 is 14.2 Å². The number of halogens is 2. The van der Waals surface area contributed by atoms with E-state index in [0.717, 1.165) is 13.0 Å². The molecule has 2 heterocycles. The molecule has 4 rings (SSSR count). The van der Waals surface area contributed by atoms with E-state index in [1.54, 1.807) is 6.07 Å². The van der Waals surface area contributed by atoms with Gasteiger partial charge in [-0.2, -0.15) is 4.98 Å². The Balaban J connectivity index is 1.40. The van der Waals surface area contributed by atoms with E-state index in [9.17, 15) is 14.9 Å². The van der Waals surface area contributed by atoms with E-state index in [0.29, 0.717) is 41.8 Å². The summed E-state index contributed by atoms with van der Waals surface area (Å²) in [7, 11) is 0. The van der Waals surface area contributed by atoms with Gasteiger partial charge in [-0.25, -0.2) is 0 Å². The number of nitro benzene ring substituents is 1. The molecule has 0 radical (unpaired) electrons. The standard InChI is InChI=1S/C21H19Cl2N5O4/c22-16-6-2-1-5-15(16)20-25-19(32-26-20)12-27-9-3-4-13(11-27)21(29)24-18-10-14(28(30)31)7-8-17(18)23/h1-2,5-8,10,13H,3-4,9,11-12H2,(H,24,29). The number of rotatable bonds is 6. The summed E-state index contributed by atoms with van der Waals surface area (Å²) in [5, 5.41) is 18.5. The average molecular weight is 476 g/mol. The summed E-state index contributed by atoms with van der Waals surface area (Å²) in [6, 6.07) is 11.2. The first-order valence-electron chi connectivity index (χ1n) is 9.95. The number of carbonyl (C=O) groups excluding carboxylic acids is 1. The first kappa shape index (κ1) is 22.2. The number of non-ortho nitro benzene ring substituents is 1. The van der Waals surface area contributed by atoms with Crippen LogP contribution in [0.5, 0.6) is 0 Å². The highest BCUT2D eigenvalue weighted by molar-refractivity contribution is 6.34. The molecule has 1 N–H and O–H groups in total. The first-order chi connectivity index (χ1) is 15.4. The molecule has 2 aromatic carbocycles. The van der Waals surface area contributed by atoms with Gasteiger partial charge in [0.2, 0.25) is 17.6 Å². The van der Waals surface area contributed by atoms with Gasteiger partial charge in [-0.05, 0) is 37.6 Å². The minimum absolute atomic E-state index is 0.138. The second-order valence-electron chi connectivity index (χ2n) is 7.48. The van der Waals surface area contributed by atoms with Crippen LogP contribution in [0.3, 0.4) is 0 Å². The summed E-state index contributed by atoms with van der Waals surface area (Å²) in [4.78, 5) is 29.7. The summed E-state index contributed by atoms with van der Waals surface area (Å²) < 4.78 is 5.38. The van der Waals surface area contributed by atoms with Crippen LogP contribution >= 0.6 is 23.2 Å². The molecule has 1 amide bonds. The Bertz CT molecular complexity index is 1150. The molecule has 1 aliphatic rings. The number of piperidine rings is 1. The lowest BCUT2D eigenvalue weighted by Crippen LogP contribution is -2.40. The van der Waals surface area contributed by atoms with Gasteiger partial charge in [-0.15, -0.1) is 0 Å². The van der Waals surface area contributed by atoms with Crippen molar-refractivity contribution in [3.63, 3.8) is 0 Å². The normalized spacial score (nSPS) is 16.6. The Morgan fingerprint density at radius 2 is 2.06 bits per heavy atom. The predicted molar refractivity (Wildman–Crippen MR) is 119 cm³/mol. The lowest BCUT2D eigenvalue weighted by molar-refractivity contribution is -0.384. The zero-order chi connectivity index (χ0) is 22.7. The summed E-state index contributed by atoms with van der Waals surface area (Å²) in [6.45, 7) is 1.67. The Morgan fingerprint density at radius 1 is 1.25 bits per heavy atom. The molecule has 0 saturated carbocycles. The van der Waals surface area contributed by atoms with Crippen molar-refractivity contribution in [3.8, 4) is 11.4 Å². The second kappa shape index (κ2) is 9.64. The van der Waals surface area contributed by atoms with Crippen molar-refractivity contribution in [1.82, 2.24) is 15.0 Å². The molecule has 1 fully saturated rings.